The third-order valence-corrected chi connectivity index (χ3v) is 2.12. The van der Waals surface area contributed by atoms with Crippen LogP contribution in [-0.2, 0) is 6.42 Å². The lowest BCUT2D eigenvalue weighted by atomic mass is 10.0. The van der Waals surface area contributed by atoms with E-state index >= 15 is 0 Å². The zero-order valence-electron chi connectivity index (χ0n) is 9.95. The summed E-state index contributed by atoms with van der Waals surface area (Å²) in [6.45, 7) is 8.32. The molecular formula is C13H20OS. The summed E-state index contributed by atoms with van der Waals surface area (Å²) in [5, 5.41) is 0. The highest BCUT2D eigenvalue weighted by atomic mass is 32.1. The lowest BCUT2D eigenvalue weighted by Crippen LogP contribution is -2.16. The van der Waals surface area contributed by atoms with Crippen LogP contribution < -0.4 is 4.74 Å². The van der Waals surface area contributed by atoms with Crippen LogP contribution in [0.4, 0.5) is 0 Å². The normalized spacial score (nSPS) is 11.9. The number of hydrogen-bond donors (Lipinski definition) is 1. The second-order valence-electron chi connectivity index (χ2n) is 4.76. The minimum Gasteiger partial charge on any atom is -0.491 e. The Bertz CT molecular complexity index is 313. The van der Waals surface area contributed by atoms with E-state index in [2.05, 4.69) is 32.5 Å². The highest BCUT2D eigenvalue weighted by Crippen LogP contribution is 2.26. The van der Waals surface area contributed by atoms with E-state index in [1.807, 2.05) is 32.0 Å². The molecule has 15 heavy (non-hydrogen) atoms. The van der Waals surface area contributed by atoms with Gasteiger partial charge in [-0.2, -0.15) is 12.6 Å². The van der Waals surface area contributed by atoms with Crippen molar-refractivity contribution in [2.45, 2.75) is 45.0 Å². The van der Waals surface area contributed by atoms with Gasteiger partial charge in [0.25, 0.3) is 0 Å². The van der Waals surface area contributed by atoms with Gasteiger partial charge in [0.2, 0.25) is 0 Å². The molecule has 1 rings (SSSR count). The van der Waals surface area contributed by atoms with E-state index in [9.17, 15) is 0 Å². The molecule has 1 nitrogen and oxygen atoms in total. The van der Waals surface area contributed by atoms with Crippen LogP contribution in [0.2, 0.25) is 0 Å². The number of para-hydroxylation sites is 1. The summed E-state index contributed by atoms with van der Waals surface area (Å²) < 4.78 is 5.75. The van der Waals surface area contributed by atoms with Gasteiger partial charge >= 0.3 is 0 Å². The van der Waals surface area contributed by atoms with Gasteiger partial charge in [-0.05, 0) is 31.9 Å². The van der Waals surface area contributed by atoms with E-state index < -0.39 is 0 Å². The Morgan fingerprint density at radius 3 is 2.40 bits per heavy atom. The molecule has 0 aromatic heterocycles. The molecule has 0 aliphatic carbocycles. The van der Waals surface area contributed by atoms with E-state index in [-0.39, 0.29) is 10.9 Å². The number of thiol groups is 1. The molecule has 0 heterocycles. The van der Waals surface area contributed by atoms with E-state index in [0.29, 0.717) is 0 Å². The van der Waals surface area contributed by atoms with Crippen LogP contribution in [-0.4, -0.2) is 10.9 Å². The predicted octanol–water partition coefficient (Wildman–Crippen LogP) is 3.72. The molecule has 0 unspecified atom stereocenters. The van der Waals surface area contributed by atoms with Crippen molar-refractivity contribution in [3.05, 3.63) is 29.8 Å². The summed E-state index contributed by atoms with van der Waals surface area (Å²) in [7, 11) is 0. The smallest absolute Gasteiger partial charge is 0.122 e. The van der Waals surface area contributed by atoms with Crippen molar-refractivity contribution in [2.75, 3.05) is 0 Å². The lowest BCUT2D eigenvalue weighted by molar-refractivity contribution is 0.239. The van der Waals surface area contributed by atoms with Crippen LogP contribution in [0.3, 0.4) is 0 Å². The van der Waals surface area contributed by atoms with E-state index in [4.69, 9.17) is 4.74 Å². The summed E-state index contributed by atoms with van der Waals surface area (Å²) in [4.78, 5) is 0. The fourth-order valence-electron chi connectivity index (χ4n) is 1.48. The fraction of sp³-hybridized carbons (Fsp3) is 0.538. The van der Waals surface area contributed by atoms with Crippen LogP contribution in [0.1, 0.15) is 33.3 Å². The molecule has 1 aromatic carbocycles. The molecule has 0 saturated carbocycles. The third kappa shape index (κ3) is 4.61. The number of ether oxygens (including phenoxy) is 1. The van der Waals surface area contributed by atoms with E-state index in [1.165, 1.54) is 5.56 Å². The molecule has 0 atom stereocenters. The van der Waals surface area contributed by atoms with Gasteiger partial charge in [0.05, 0.1) is 6.10 Å². The highest BCUT2D eigenvalue weighted by Gasteiger charge is 2.15. The average molecular weight is 224 g/mol. The largest absolute Gasteiger partial charge is 0.491 e. The van der Waals surface area contributed by atoms with Crippen molar-refractivity contribution in [1.82, 2.24) is 0 Å². The first kappa shape index (κ1) is 12.4. The standard InChI is InChI=1S/C13H20OS/c1-10(2)14-12-8-6-5-7-11(12)9-13(3,4)15/h5-8,10,15H,9H2,1-4H3. The molecule has 0 aliphatic heterocycles. The zero-order chi connectivity index (χ0) is 11.5. The van der Waals surface area contributed by atoms with Crippen molar-refractivity contribution in [3.8, 4) is 5.75 Å². The van der Waals surface area contributed by atoms with Crippen LogP contribution in [0.15, 0.2) is 24.3 Å². The molecule has 0 bridgehead atoms. The average Bonchev–Trinajstić information content (AvgIpc) is 2.05. The van der Waals surface area contributed by atoms with Crippen molar-refractivity contribution in [1.29, 1.82) is 0 Å². The third-order valence-electron chi connectivity index (χ3n) is 1.96. The molecule has 0 spiro atoms. The molecule has 0 radical (unpaired) electrons. The maximum Gasteiger partial charge on any atom is 0.122 e. The van der Waals surface area contributed by atoms with Gasteiger partial charge in [-0.1, -0.05) is 32.0 Å². The van der Waals surface area contributed by atoms with Crippen molar-refractivity contribution in [3.63, 3.8) is 0 Å². The Hall–Kier alpha value is -0.630. The molecular weight excluding hydrogens is 204 g/mol. The van der Waals surface area contributed by atoms with Crippen LogP contribution in [0, 0.1) is 0 Å². The highest BCUT2D eigenvalue weighted by molar-refractivity contribution is 7.81. The molecule has 0 aliphatic rings. The summed E-state index contributed by atoms with van der Waals surface area (Å²) in [5.74, 6) is 0.981. The minimum atomic E-state index is -0.00353. The van der Waals surface area contributed by atoms with E-state index in [0.717, 1.165) is 12.2 Å². The number of benzene rings is 1. The first-order valence-corrected chi connectivity index (χ1v) is 5.80. The molecule has 1 aromatic rings. The van der Waals surface area contributed by atoms with Gasteiger partial charge in [0, 0.05) is 4.75 Å². The lowest BCUT2D eigenvalue weighted by Gasteiger charge is -2.20. The predicted molar refractivity (Wildman–Crippen MR) is 69.0 cm³/mol. The van der Waals surface area contributed by atoms with Gasteiger partial charge in [-0.25, -0.2) is 0 Å². The first-order chi connectivity index (χ1) is 6.88. The van der Waals surface area contributed by atoms with Gasteiger partial charge in [0.15, 0.2) is 0 Å². The Kier molecular flexibility index (Phi) is 4.09. The van der Waals surface area contributed by atoms with Gasteiger partial charge in [-0.3, -0.25) is 0 Å². The fourth-order valence-corrected chi connectivity index (χ4v) is 1.66. The summed E-state index contributed by atoms with van der Waals surface area (Å²) in [6, 6.07) is 8.18. The monoisotopic (exact) mass is 224 g/mol. The maximum absolute atomic E-state index is 5.76. The first-order valence-electron chi connectivity index (χ1n) is 5.35. The second-order valence-corrected chi connectivity index (χ2v) is 5.97. The zero-order valence-corrected chi connectivity index (χ0v) is 10.8. The topological polar surface area (TPSA) is 9.23 Å². The van der Waals surface area contributed by atoms with Gasteiger partial charge in [0.1, 0.15) is 5.75 Å². The Balaban J connectivity index is 2.86. The molecule has 84 valence electrons. The SMILES string of the molecule is CC(C)Oc1ccccc1CC(C)(C)S. The Morgan fingerprint density at radius 1 is 1.27 bits per heavy atom. The molecule has 0 saturated heterocycles. The maximum atomic E-state index is 5.76. The molecule has 0 amide bonds. The van der Waals surface area contributed by atoms with Crippen LogP contribution >= 0.6 is 12.6 Å². The van der Waals surface area contributed by atoms with Crippen LogP contribution in [0.25, 0.3) is 0 Å². The number of hydrogen-bond acceptors (Lipinski definition) is 2. The Morgan fingerprint density at radius 2 is 1.87 bits per heavy atom. The summed E-state index contributed by atoms with van der Waals surface area (Å²) in [5.41, 5.74) is 1.23. The quantitative estimate of drug-likeness (QED) is 0.767. The summed E-state index contributed by atoms with van der Waals surface area (Å²) in [6.07, 6.45) is 1.13. The van der Waals surface area contributed by atoms with Crippen molar-refractivity contribution in [2.24, 2.45) is 0 Å². The number of rotatable bonds is 4. The van der Waals surface area contributed by atoms with E-state index in [1.54, 1.807) is 0 Å². The minimum absolute atomic E-state index is 0.00353. The molecule has 0 N–H and O–H groups in total. The Labute approximate surface area is 98.3 Å². The van der Waals surface area contributed by atoms with Gasteiger partial charge < -0.3 is 4.74 Å². The van der Waals surface area contributed by atoms with Crippen molar-refractivity contribution >= 4 is 12.6 Å². The second kappa shape index (κ2) is 4.93. The summed E-state index contributed by atoms with van der Waals surface area (Å²) >= 11 is 4.55. The van der Waals surface area contributed by atoms with Crippen molar-refractivity contribution < 1.29 is 4.74 Å². The van der Waals surface area contributed by atoms with Crippen LogP contribution in [0.5, 0.6) is 5.75 Å². The van der Waals surface area contributed by atoms with Gasteiger partial charge in [-0.15, -0.1) is 0 Å². The molecule has 2 heteroatoms. The molecule has 0 fully saturated rings.